The van der Waals surface area contributed by atoms with Gasteiger partial charge in [-0.25, -0.2) is 0 Å². The number of thiophene rings is 1. The van der Waals surface area contributed by atoms with Crippen molar-refractivity contribution in [3.8, 4) is 0 Å². The molecule has 0 radical (unpaired) electrons. The van der Waals surface area contributed by atoms with Crippen LogP contribution >= 0.6 is 11.3 Å². The van der Waals surface area contributed by atoms with Gasteiger partial charge in [-0.05, 0) is 43.3 Å². The second-order valence-corrected chi connectivity index (χ2v) is 7.52. The van der Waals surface area contributed by atoms with Gasteiger partial charge in [-0.15, -0.1) is 11.3 Å². The molecule has 3 unspecified atom stereocenters. The molecule has 2 aromatic heterocycles. The van der Waals surface area contributed by atoms with Crippen molar-refractivity contribution in [2.45, 2.75) is 57.1 Å². The van der Waals surface area contributed by atoms with Crippen LogP contribution in [0.4, 0.5) is 0 Å². The van der Waals surface area contributed by atoms with Crippen molar-refractivity contribution < 1.29 is 14.3 Å². The number of carbonyl (C=O) groups excluding carboxylic acids is 1. The fraction of sp³-hybridized carbons (Fsp3) is 0.526. The molecule has 0 aromatic carbocycles. The van der Waals surface area contributed by atoms with Crippen LogP contribution in [-0.4, -0.2) is 28.5 Å². The molecule has 1 saturated heterocycles. The van der Waals surface area contributed by atoms with Gasteiger partial charge in [-0.3, -0.25) is 4.79 Å². The standard InChI is InChI=1S/C19H25NO3S/c1-14(18-9-6-12-24-18)19(22)20-10-4-2-3-7-15(20)13-16(21)17-8-5-11-23-17/h5-6,8-9,11-12,14-16,21H,2-4,7,10,13H2,1H3. The fourth-order valence-corrected chi connectivity index (χ4v) is 4.25. The van der Waals surface area contributed by atoms with Crippen LogP contribution in [0.3, 0.4) is 0 Å². The molecule has 1 aliphatic rings. The van der Waals surface area contributed by atoms with Crippen molar-refractivity contribution in [1.29, 1.82) is 0 Å². The maximum absolute atomic E-state index is 13.1. The molecule has 4 nitrogen and oxygen atoms in total. The number of carbonyl (C=O) groups is 1. The Morgan fingerprint density at radius 1 is 1.38 bits per heavy atom. The Labute approximate surface area is 147 Å². The van der Waals surface area contributed by atoms with E-state index in [4.69, 9.17) is 4.42 Å². The molecule has 0 saturated carbocycles. The van der Waals surface area contributed by atoms with Gasteiger partial charge in [0.05, 0.1) is 12.2 Å². The minimum Gasteiger partial charge on any atom is -0.467 e. The summed E-state index contributed by atoms with van der Waals surface area (Å²) in [6.45, 7) is 2.77. The SMILES string of the molecule is CC(C(=O)N1CCCCCC1CC(O)c1ccco1)c1cccs1. The van der Waals surface area contributed by atoms with Crippen LogP contribution in [0, 0.1) is 0 Å². The molecule has 24 heavy (non-hydrogen) atoms. The van der Waals surface area contributed by atoms with E-state index in [0.29, 0.717) is 12.2 Å². The molecule has 1 amide bonds. The van der Waals surface area contributed by atoms with Crippen LogP contribution < -0.4 is 0 Å². The second-order valence-electron chi connectivity index (χ2n) is 6.54. The highest BCUT2D eigenvalue weighted by molar-refractivity contribution is 7.10. The number of hydrogen-bond donors (Lipinski definition) is 1. The van der Waals surface area contributed by atoms with Crippen LogP contribution in [0.15, 0.2) is 40.3 Å². The first kappa shape index (κ1) is 17.2. The highest BCUT2D eigenvalue weighted by atomic mass is 32.1. The summed E-state index contributed by atoms with van der Waals surface area (Å²) >= 11 is 1.63. The number of hydrogen-bond acceptors (Lipinski definition) is 4. The molecule has 5 heteroatoms. The number of aliphatic hydroxyl groups is 1. The average Bonchev–Trinajstić information content (AvgIpc) is 3.25. The minimum atomic E-state index is -0.657. The lowest BCUT2D eigenvalue weighted by Crippen LogP contribution is -2.42. The molecule has 3 heterocycles. The van der Waals surface area contributed by atoms with E-state index < -0.39 is 6.10 Å². The number of furan rings is 1. The van der Waals surface area contributed by atoms with E-state index in [9.17, 15) is 9.90 Å². The lowest BCUT2D eigenvalue weighted by atomic mass is 9.99. The largest absolute Gasteiger partial charge is 0.467 e. The first-order valence-corrected chi connectivity index (χ1v) is 9.60. The van der Waals surface area contributed by atoms with Crippen molar-refractivity contribution in [2.24, 2.45) is 0 Å². The summed E-state index contributed by atoms with van der Waals surface area (Å²) in [5, 5.41) is 12.5. The molecular weight excluding hydrogens is 322 g/mol. The summed E-state index contributed by atoms with van der Waals surface area (Å²) in [7, 11) is 0. The van der Waals surface area contributed by atoms with Crippen molar-refractivity contribution in [2.75, 3.05) is 6.54 Å². The van der Waals surface area contributed by atoms with Crippen LogP contribution in [-0.2, 0) is 4.79 Å². The molecule has 1 fully saturated rings. The summed E-state index contributed by atoms with van der Waals surface area (Å²) < 4.78 is 5.32. The predicted octanol–water partition coefficient (Wildman–Crippen LogP) is 4.34. The van der Waals surface area contributed by atoms with Crippen LogP contribution in [0.2, 0.25) is 0 Å². The van der Waals surface area contributed by atoms with Crippen molar-refractivity contribution in [3.63, 3.8) is 0 Å². The fourth-order valence-electron chi connectivity index (χ4n) is 3.48. The molecule has 1 N–H and O–H groups in total. The zero-order chi connectivity index (χ0) is 16.9. The molecule has 130 valence electrons. The lowest BCUT2D eigenvalue weighted by Gasteiger charge is -2.33. The van der Waals surface area contributed by atoms with E-state index >= 15 is 0 Å². The summed E-state index contributed by atoms with van der Waals surface area (Å²) in [5.41, 5.74) is 0. The van der Waals surface area contributed by atoms with Gasteiger partial charge < -0.3 is 14.4 Å². The van der Waals surface area contributed by atoms with Gasteiger partial charge in [0.15, 0.2) is 0 Å². The first-order valence-electron chi connectivity index (χ1n) is 8.72. The van der Waals surface area contributed by atoms with E-state index in [2.05, 4.69) is 0 Å². The summed E-state index contributed by atoms with van der Waals surface area (Å²) in [5.74, 6) is 0.639. The van der Waals surface area contributed by atoms with Gasteiger partial charge >= 0.3 is 0 Å². The highest BCUT2D eigenvalue weighted by Gasteiger charge is 2.31. The molecule has 0 aliphatic carbocycles. The van der Waals surface area contributed by atoms with Gasteiger partial charge in [-0.2, -0.15) is 0 Å². The minimum absolute atomic E-state index is 0.0718. The molecule has 1 aliphatic heterocycles. The third-order valence-electron chi connectivity index (χ3n) is 4.87. The molecular formula is C19H25NO3S. The van der Waals surface area contributed by atoms with Crippen LogP contribution in [0.5, 0.6) is 0 Å². The van der Waals surface area contributed by atoms with Crippen molar-refractivity contribution in [1.82, 2.24) is 4.90 Å². The Bertz CT molecular complexity index is 623. The predicted molar refractivity (Wildman–Crippen MR) is 95.0 cm³/mol. The summed E-state index contributed by atoms with van der Waals surface area (Å²) in [6.07, 6.45) is 5.69. The van der Waals surface area contributed by atoms with E-state index in [1.54, 1.807) is 29.7 Å². The third-order valence-corrected chi connectivity index (χ3v) is 5.92. The molecule has 0 spiro atoms. The Balaban J connectivity index is 1.73. The Morgan fingerprint density at radius 2 is 2.25 bits per heavy atom. The maximum Gasteiger partial charge on any atom is 0.230 e. The quantitative estimate of drug-likeness (QED) is 0.875. The monoisotopic (exact) mass is 347 g/mol. The summed E-state index contributed by atoms with van der Waals surface area (Å²) in [6, 6.07) is 7.67. The van der Waals surface area contributed by atoms with E-state index in [0.717, 1.165) is 37.1 Å². The number of rotatable bonds is 5. The average molecular weight is 347 g/mol. The molecule has 3 rings (SSSR count). The summed E-state index contributed by atoms with van der Waals surface area (Å²) in [4.78, 5) is 16.2. The number of likely N-dealkylation sites (tertiary alicyclic amines) is 1. The first-order chi connectivity index (χ1) is 11.7. The molecule has 2 aromatic rings. The Morgan fingerprint density at radius 3 is 2.96 bits per heavy atom. The lowest BCUT2D eigenvalue weighted by molar-refractivity contribution is -0.135. The van der Waals surface area contributed by atoms with E-state index in [1.165, 1.54) is 0 Å². The van der Waals surface area contributed by atoms with E-state index in [-0.39, 0.29) is 17.9 Å². The number of aliphatic hydroxyl groups excluding tert-OH is 1. The zero-order valence-corrected chi connectivity index (χ0v) is 14.9. The number of nitrogens with zero attached hydrogens (tertiary/aromatic N) is 1. The van der Waals surface area contributed by atoms with Crippen molar-refractivity contribution in [3.05, 3.63) is 46.5 Å². The van der Waals surface area contributed by atoms with Gasteiger partial charge in [-0.1, -0.05) is 18.9 Å². The Hall–Kier alpha value is -1.59. The zero-order valence-electron chi connectivity index (χ0n) is 14.1. The molecule has 0 bridgehead atoms. The third kappa shape index (κ3) is 3.90. The second kappa shape index (κ2) is 7.99. The smallest absolute Gasteiger partial charge is 0.230 e. The van der Waals surface area contributed by atoms with E-state index in [1.807, 2.05) is 29.3 Å². The van der Waals surface area contributed by atoms with Gasteiger partial charge in [0.2, 0.25) is 5.91 Å². The highest BCUT2D eigenvalue weighted by Crippen LogP contribution is 2.30. The number of amides is 1. The van der Waals surface area contributed by atoms with Crippen LogP contribution in [0.1, 0.15) is 61.7 Å². The van der Waals surface area contributed by atoms with Crippen molar-refractivity contribution >= 4 is 17.2 Å². The maximum atomic E-state index is 13.1. The van der Waals surface area contributed by atoms with Crippen LogP contribution in [0.25, 0.3) is 0 Å². The van der Waals surface area contributed by atoms with Gasteiger partial charge in [0, 0.05) is 23.9 Å². The topological polar surface area (TPSA) is 53.7 Å². The van der Waals surface area contributed by atoms with Gasteiger partial charge in [0.25, 0.3) is 0 Å². The molecule has 3 atom stereocenters. The Kier molecular flexibility index (Phi) is 5.74. The van der Waals surface area contributed by atoms with Gasteiger partial charge in [0.1, 0.15) is 11.9 Å². The normalized spacial score (nSPS) is 21.2.